The fourth-order valence-electron chi connectivity index (χ4n) is 5.42. The van der Waals surface area contributed by atoms with E-state index in [4.69, 9.17) is 15.2 Å². The van der Waals surface area contributed by atoms with Gasteiger partial charge in [-0.15, -0.1) is 0 Å². The normalized spacial score (nSPS) is 31.4. The third-order valence-corrected chi connectivity index (χ3v) is 7.50. The summed E-state index contributed by atoms with van der Waals surface area (Å²) in [6.07, 6.45) is -4.38. The summed E-state index contributed by atoms with van der Waals surface area (Å²) >= 11 is 0. The van der Waals surface area contributed by atoms with Gasteiger partial charge >= 0.3 is 0 Å². The van der Waals surface area contributed by atoms with Crippen LogP contribution in [0.3, 0.4) is 0 Å². The number of ether oxygens (including phenoxy) is 2. The van der Waals surface area contributed by atoms with Crippen LogP contribution >= 0.6 is 0 Å². The Morgan fingerprint density at radius 3 is 2.25 bits per heavy atom. The van der Waals surface area contributed by atoms with E-state index in [1.807, 2.05) is 0 Å². The highest BCUT2D eigenvalue weighted by molar-refractivity contribution is 6.30. The molecule has 1 aliphatic heterocycles. The van der Waals surface area contributed by atoms with Crippen molar-refractivity contribution in [2.45, 2.75) is 69.4 Å². The first kappa shape index (κ1) is 24.5. The largest absolute Gasteiger partial charge is 0.507 e. The SMILES string of the molecule is CC(=O)[C@]1(O)Cc2c(O)c3c(c(O)c2[C@@H](O[C@H]2C[C@@H](N)[C@@H](O)[C@H](C)O2)C1)C(=O)c1ccccc1C3=O. The fraction of sp³-hybridized carbons (Fsp3) is 0.423. The third-order valence-electron chi connectivity index (χ3n) is 7.50. The molecule has 2 aromatic carbocycles. The van der Waals surface area contributed by atoms with Crippen LogP contribution in [0.5, 0.6) is 11.5 Å². The highest BCUT2D eigenvalue weighted by Gasteiger charge is 2.49. The van der Waals surface area contributed by atoms with Gasteiger partial charge in [0.15, 0.2) is 23.6 Å². The first-order valence-corrected chi connectivity index (χ1v) is 11.7. The Bertz CT molecular complexity index is 1290. The number of rotatable bonds is 3. The Hall–Kier alpha value is -3.15. The molecule has 0 saturated carbocycles. The van der Waals surface area contributed by atoms with E-state index in [2.05, 4.69) is 0 Å². The summed E-state index contributed by atoms with van der Waals surface area (Å²) in [5.74, 6) is -3.06. The molecule has 0 amide bonds. The minimum atomic E-state index is -1.97. The van der Waals surface area contributed by atoms with Crippen LogP contribution in [0.1, 0.15) is 75.8 Å². The number of carbonyl (C=O) groups is 3. The van der Waals surface area contributed by atoms with Gasteiger partial charge in [0, 0.05) is 47.6 Å². The van der Waals surface area contributed by atoms with Gasteiger partial charge in [0.25, 0.3) is 0 Å². The third kappa shape index (κ3) is 3.56. The average molecular weight is 498 g/mol. The van der Waals surface area contributed by atoms with Crippen LogP contribution in [0, 0.1) is 0 Å². The molecule has 0 radical (unpaired) electrons. The number of aromatic hydroxyl groups is 2. The number of phenols is 2. The zero-order chi connectivity index (χ0) is 26.1. The van der Waals surface area contributed by atoms with Crippen molar-refractivity contribution >= 4 is 17.3 Å². The molecule has 1 saturated heterocycles. The molecule has 1 fully saturated rings. The lowest BCUT2D eigenvalue weighted by molar-refractivity contribution is -0.247. The molecule has 0 bridgehead atoms. The average Bonchev–Trinajstić information content (AvgIpc) is 2.82. The van der Waals surface area contributed by atoms with Crippen LogP contribution in [-0.4, -0.2) is 67.9 Å². The molecule has 0 aromatic heterocycles. The second-order valence-electron chi connectivity index (χ2n) is 9.80. The number of hydrogen-bond donors (Lipinski definition) is 5. The zero-order valence-electron chi connectivity index (χ0n) is 19.7. The van der Waals surface area contributed by atoms with Gasteiger partial charge in [-0.25, -0.2) is 0 Å². The summed E-state index contributed by atoms with van der Waals surface area (Å²) in [4.78, 5) is 39.0. The van der Waals surface area contributed by atoms with E-state index < -0.39 is 71.5 Å². The maximum absolute atomic E-state index is 13.3. The number of nitrogens with two attached hydrogens (primary N) is 1. The minimum Gasteiger partial charge on any atom is -0.507 e. The van der Waals surface area contributed by atoms with Gasteiger partial charge in [-0.2, -0.15) is 0 Å². The number of hydrogen-bond acceptors (Lipinski definition) is 10. The molecule has 0 spiro atoms. The topological polar surface area (TPSA) is 177 Å². The molecule has 5 rings (SSSR count). The molecule has 2 aromatic rings. The molecule has 36 heavy (non-hydrogen) atoms. The Balaban J connectivity index is 1.66. The van der Waals surface area contributed by atoms with Crippen molar-refractivity contribution in [1.82, 2.24) is 0 Å². The summed E-state index contributed by atoms with van der Waals surface area (Å²) < 4.78 is 11.8. The van der Waals surface area contributed by atoms with Crippen molar-refractivity contribution in [2.24, 2.45) is 5.73 Å². The number of phenolic OH excluding ortho intramolecular Hbond substituents is 2. The van der Waals surface area contributed by atoms with Crippen LogP contribution in [0.2, 0.25) is 0 Å². The van der Waals surface area contributed by atoms with E-state index in [0.717, 1.165) is 0 Å². The van der Waals surface area contributed by atoms with E-state index >= 15 is 0 Å². The molecule has 10 heteroatoms. The summed E-state index contributed by atoms with van der Waals surface area (Å²) in [5, 5.41) is 43.8. The van der Waals surface area contributed by atoms with Crippen LogP contribution in [0.25, 0.3) is 0 Å². The first-order chi connectivity index (χ1) is 16.9. The van der Waals surface area contributed by atoms with Gasteiger partial charge < -0.3 is 35.6 Å². The fourth-order valence-corrected chi connectivity index (χ4v) is 5.42. The van der Waals surface area contributed by atoms with Gasteiger partial charge in [0.2, 0.25) is 0 Å². The lowest BCUT2D eigenvalue weighted by Gasteiger charge is -2.42. The summed E-state index contributed by atoms with van der Waals surface area (Å²) in [7, 11) is 0. The number of benzene rings is 2. The van der Waals surface area contributed by atoms with Crippen molar-refractivity contribution in [1.29, 1.82) is 0 Å². The van der Waals surface area contributed by atoms with E-state index in [0.29, 0.717) is 0 Å². The molecule has 6 atom stereocenters. The Kier molecular flexibility index (Phi) is 5.77. The summed E-state index contributed by atoms with van der Waals surface area (Å²) in [6.45, 7) is 2.80. The molecule has 0 unspecified atom stereocenters. The second-order valence-corrected chi connectivity index (χ2v) is 9.80. The molecule has 1 heterocycles. The smallest absolute Gasteiger partial charge is 0.198 e. The lowest BCUT2D eigenvalue weighted by atomic mass is 9.72. The molecule has 6 N–H and O–H groups in total. The maximum Gasteiger partial charge on any atom is 0.198 e. The first-order valence-electron chi connectivity index (χ1n) is 11.7. The van der Waals surface area contributed by atoms with Gasteiger partial charge in [-0.05, 0) is 13.8 Å². The van der Waals surface area contributed by atoms with Gasteiger partial charge in [-0.3, -0.25) is 14.4 Å². The van der Waals surface area contributed by atoms with Gasteiger partial charge in [-0.1, -0.05) is 24.3 Å². The quantitative estimate of drug-likeness (QED) is 0.328. The molecule has 3 aliphatic rings. The lowest BCUT2D eigenvalue weighted by Crippen LogP contribution is -2.52. The molecular formula is C26H27NO9. The van der Waals surface area contributed by atoms with E-state index in [9.17, 15) is 34.8 Å². The van der Waals surface area contributed by atoms with Gasteiger partial charge in [0.1, 0.15) is 17.1 Å². The number of Topliss-reactive ketones (excluding diaryl/α,β-unsaturated/α-hetero) is 1. The standard InChI is InChI=1S/C26H27NO9/c1-10-21(29)15(27)7-17(35-10)36-16-9-26(34,11(2)28)8-14-18(16)25(33)20-19(24(14)32)22(30)12-5-3-4-6-13(12)23(20)31/h3-6,10,15-17,21,29,32-34H,7-9,27H2,1-2H3/t10-,15+,16-,17-,21-,26-/m0/s1. The Labute approximate surface area is 206 Å². The van der Waals surface area contributed by atoms with Crippen LogP contribution in [-0.2, 0) is 20.7 Å². The zero-order valence-corrected chi connectivity index (χ0v) is 19.7. The molecule has 10 nitrogen and oxygen atoms in total. The number of ketones is 3. The van der Waals surface area contributed by atoms with Crippen molar-refractivity contribution in [3.05, 3.63) is 57.6 Å². The number of carbonyl (C=O) groups excluding carboxylic acids is 3. The highest BCUT2D eigenvalue weighted by atomic mass is 16.7. The second kappa shape index (κ2) is 8.46. The van der Waals surface area contributed by atoms with Crippen molar-refractivity contribution in [2.75, 3.05) is 0 Å². The number of fused-ring (bicyclic) bond motifs is 3. The van der Waals surface area contributed by atoms with E-state index in [1.54, 1.807) is 19.1 Å². The van der Waals surface area contributed by atoms with Crippen LogP contribution in [0.4, 0.5) is 0 Å². The molecule has 2 aliphatic carbocycles. The highest BCUT2D eigenvalue weighted by Crippen LogP contribution is 2.51. The maximum atomic E-state index is 13.3. The van der Waals surface area contributed by atoms with Crippen molar-refractivity contribution in [3.8, 4) is 11.5 Å². The van der Waals surface area contributed by atoms with Crippen molar-refractivity contribution in [3.63, 3.8) is 0 Å². The van der Waals surface area contributed by atoms with E-state index in [-0.39, 0.29) is 46.2 Å². The summed E-state index contributed by atoms with van der Waals surface area (Å²) in [5.41, 5.74) is 3.38. The molecular weight excluding hydrogens is 470 g/mol. The number of aliphatic hydroxyl groups excluding tert-OH is 1. The van der Waals surface area contributed by atoms with Gasteiger partial charge in [0.05, 0.1) is 29.4 Å². The Morgan fingerprint density at radius 1 is 1.11 bits per heavy atom. The Morgan fingerprint density at radius 2 is 1.69 bits per heavy atom. The van der Waals surface area contributed by atoms with Crippen molar-refractivity contribution < 1.29 is 44.3 Å². The predicted octanol–water partition coefficient (Wildman–Crippen LogP) is 1.02. The van der Waals surface area contributed by atoms with Crippen LogP contribution in [0.15, 0.2) is 24.3 Å². The summed E-state index contributed by atoms with van der Waals surface area (Å²) in [6, 6.07) is 5.40. The van der Waals surface area contributed by atoms with E-state index in [1.165, 1.54) is 19.1 Å². The molecule has 190 valence electrons. The minimum absolute atomic E-state index is 0.00588. The number of aliphatic hydroxyl groups is 2. The monoisotopic (exact) mass is 497 g/mol. The predicted molar refractivity (Wildman–Crippen MR) is 124 cm³/mol. The van der Waals surface area contributed by atoms with Crippen LogP contribution < -0.4 is 5.73 Å².